The van der Waals surface area contributed by atoms with Crippen molar-refractivity contribution in [3.05, 3.63) is 129 Å². The summed E-state index contributed by atoms with van der Waals surface area (Å²) in [6.07, 6.45) is 25.9. The van der Waals surface area contributed by atoms with Crippen molar-refractivity contribution in [2.24, 2.45) is 0 Å². The molecule has 0 saturated heterocycles. The predicted molar refractivity (Wildman–Crippen MR) is 233 cm³/mol. The largest absolute Gasteiger partial charge is 0.398 e. The lowest BCUT2D eigenvalue weighted by molar-refractivity contribution is 0.435. The van der Waals surface area contributed by atoms with Crippen LogP contribution < -0.4 is 11.5 Å². The molecule has 2 heteroatoms. The van der Waals surface area contributed by atoms with Crippen LogP contribution in [0.1, 0.15) is 197 Å². The summed E-state index contributed by atoms with van der Waals surface area (Å²) in [6.45, 7) is 0. The summed E-state index contributed by atoms with van der Waals surface area (Å²) >= 11 is 0. The standard InChI is InChI=1S/C53H62N2/c54-51-44(35-17-5-1-6-18-35)31-41(32-45(51)36-19-7-2-8-20-36)53(49-28-16-15-27-43(49)48-29-39-25-13-14-26-40(39)30-50(48)53)42-33-46(37-21-9-3-10-22-37)52(55)47(34-42)38-23-11-4-12-24-38/h13-16,25-38H,1-12,17-24,54-55H2. The molecule has 5 aromatic rings. The van der Waals surface area contributed by atoms with Gasteiger partial charge in [-0.3, -0.25) is 0 Å². The fourth-order valence-electron chi connectivity index (χ4n) is 12.6. The van der Waals surface area contributed by atoms with E-state index in [-0.39, 0.29) is 0 Å². The predicted octanol–water partition coefficient (Wildman–Crippen LogP) is 14.6. The van der Waals surface area contributed by atoms with Crippen molar-refractivity contribution in [2.45, 2.75) is 158 Å². The highest BCUT2D eigenvalue weighted by Crippen LogP contribution is 2.60. The second-order valence-electron chi connectivity index (χ2n) is 18.5. The average molecular weight is 727 g/mol. The topological polar surface area (TPSA) is 52.0 Å². The molecule has 5 aromatic carbocycles. The number of nitrogens with two attached hydrogens (primary N) is 2. The number of anilines is 2. The maximum Gasteiger partial charge on any atom is 0.0714 e. The normalized spacial score (nSPS) is 21.1. The first kappa shape index (κ1) is 35.4. The molecular formula is C53H62N2. The number of hydrogen-bond donors (Lipinski definition) is 2. The Bertz CT molecular complexity index is 2020. The minimum atomic E-state index is -0.475. The van der Waals surface area contributed by atoms with E-state index in [1.807, 2.05) is 0 Å². The number of fused-ring (bicyclic) bond motifs is 4. The van der Waals surface area contributed by atoms with Crippen LogP contribution in [0.15, 0.2) is 84.9 Å². The molecular weight excluding hydrogens is 665 g/mol. The van der Waals surface area contributed by atoms with Crippen LogP contribution in [-0.2, 0) is 5.41 Å². The number of nitrogen functional groups attached to an aromatic ring is 2. The molecule has 4 N–H and O–H groups in total. The third kappa shape index (κ3) is 6.04. The Balaban J connectivity index is 1.32. The van der Waals surface area contributed by atoms with E-state index >= 15 is 0 Å². The number of hydrogen-bond acceptors (Lipinski definition) is 2. The van der Waals surface area contributed by atoms with Crippen LogP contribution >= 0.6 is 0 Å². The lowest BCUT2D eigenvalue weighted by Crippen LogP contribution is -2.31. The van der Waals surface area contributed by atoms with Gasteiger partial charge < -0.3 is 11.5 Å². The maximum absolute atomic E-state index is 7.50. The molecule has 4 saturated carbocycles. The lowest BCUT2D eigenvalue weighted by atomic mass is 9.64. The van der Waals surface area contributed by atoms with Crippen LogP contribution in [0.25, 0.3) is 21.9 Å². The molecule has 0 unspecified atom stereocenters. The molecule has 5 aliphatic rings. The first-order chi connectivity index (χ1) is 27.1. The molecule has 55 heavy (non-hydrogen) atoms. The summed E-state index contributed by atoms with van der Waals surface area (Å²) in [5.74, 6) is 2.12. The molecule has 0 aromatic heterocycles. The minimum absolute atomic E-state index is 0.475. The second kappa shape index (κ2) is 14.8. The van der Waals surface area contributed by atoms with Gasteiger partial charge in [-0.05, 0) is 154 Å². The zero-order valence-corrected chi connectivity index (χ0v) is 33.2. The van der Waals surface area contributed by atoms with Gasteiger partial charge in [0.2, 0.25) is 0 Å². The van der Waals surface area contributed by atoms with Crippen molar-refractivity contribution in [1.29, 1.82) is 0 Å². The van der Waals surface area contributed by atoms with Gasteiger partial charge in [-0.2, -0.15) is 0 Å². The Morgan fingerprint density at radius 3 is 1.15 bits per heavy atom. The van der Waals surface area contributed by atoms with E-state index in [0.717, 1.165) is 11.4 Å². The Morgan fingerprint density at radius 1 is 0.364 bits per heavy atom. The van der Waals surface area contributed by atoms with Crippen LogP contribution in [0.4, 0.5) is 11.4 Å². The van der Waals surface area contributed by atoms with E-state index in [2.05, 4.69) is 84.9 Å². The van der Waals surface area contributed by atoms with E-state index in [1.54, 1.807) is 0 Å². The fourth-order valence-corrected chi connectivity index (χ4v) is 12.6. The molecule has 284 valence electrons. The van der Waals surface area contributed by atoms with Gasteiger partial charge in [0.15, 0.2) is 0 Å². The SMILES string of the molecule is Nc1c(C2CCCCC2)cc(C2(c3cc(C4CCCCC4)c(N)c(C4CCCCC4)c3)c3ccccc3-c3cc4ccccc4cc32)cc1C1CCCCC1. The molecule has 4 fully saturated rings. The third-order valence-electron chi connectivity index (χ3n) is 15.4. The van der Waals surface area contributed by atoms with Crippen LogP contribution in [0, 0.1) is 0 Å². The minimum Gasteiger partial charge on any atom is -0.398 e. The van der Waals surface area contributed by atoms with Crippen molar-refractivity contribution in [2.75, 3.05) is 11.5 Å². The molecule has 0 spiro atoms. The fraction of sp³-hybridized carbons (Fsp3) is 0.472. The van der Waals surface area contributed by atoms with Crippen molar-refractivity contribution < 1.29 is 0 Å². The summed E-state index contributed by atoms with van der Waals surface area (Å²) in [5, 5.41) is 2.64. The van der Waals surface area contributed by atoms with Crippen molar-refractivity contribution in [3.63, 3.8) is 0 Å². The van der Waals surface area contributed by atoms with Crippen molar-refractivity contribution >= 4 is 22.1 Å². The molecule has 0 heterocycles. The van der Waals surface area contributed by atoms with Gasteiger partial charge >= 0.3 is 0 Å². The highest BCUT2D eigenvalue weighted by atomic mass is 14.6. The smallest absolute Gasteiger partial charge is 0.0714 e. The Labute approximate surface area is 330 Å². The van der Waals surface area contributed by atoms with Crippen LogP contribution in [0.3, 0.4) is 0 Å². The van der Waals surface area contributed by atoms with Crippen molar-refractivity contribution in [1.82, 2.24) is 0 Å². The number of benzene rings is 5. The van der Waals surface area contributed by atoms with Crippen LogP contribution in [0.2, 0.25) is 0 Å². The van der Waals surface area contributed by atoms with E-state index in [0.29, 0.717) is 23.7 Å². The second-order valence-corrected chi connectivity index (χ2v) is 18.5. The zero-order valence-electron chi connectivity index (χ0n) is 33.2. The first-order valence-electron chi connectivity index (χ1n) is 22.6. The van der Waals surface area contributed by atoms with E-state index in [9.17, 15) is 0 Å². The highest BCUT2D eigenvalue weighted by molar-refractivity contribution is 5.96. The highest BCUT2D eigenvalue weighted by Gasteiger charge is 2.48. The number of rotatable bonds is 6. The van der Waals surface area contributed by atoms with Crippen LogP contribution in [-0.4, -0.2) is 0 Å². The monoisotopic (exact) mass is 726 g/mol. The van der Waals surface area contributed by atoms with Gasteiger partial charge in [0.05, 0.1) is 5.41 Å². The molecule has 2 nitrogen and oxygen atoms in total. The Hall–Kier alpha value is -4.04. The quantitative estimate of drug-likeness (QED) is 0.168. The molecule has 0 bridgehead atoms. The maximum atomic E-state index is 7.50. The summed E-state index contributed by atoms with van der Waals surface area (Å²) in [5.41, 5.74) is 31.1. The molecule has 10 rings (SSSR count). The van der Waals surface area contributed by atoms with Gasteiger partial charge in [0.25, 0.3) is 0 Å². The summed E-state index contributed by atoms with van der Waals surface area (Å²) in [4.78, 5) is 0. The summed E-state index contributed by atoms with van der Waals surface area (Å²) in [6, 6.07) is 34.2. The van der Waals surface area contributed by atoms with Gasteiger partial charge in [0, 0.05) is 11.4 Å². The molecule has 5 aliphatic carbocycles. The zero-order chi connectivity index (χ0) is 36.9. The van der Waals surface area contributed by atoms with Gasteiger partial charge in [-0.15, -0.1) is 0 Å². The van der Waals surface area contributed by atoms with E-state index in [1.165, 1.54) is 195 Å². The van der Waals surface area contributed by atoms with Gasteiger partial charge in [0.1, 0.15) is 0 Å². The average Bonchev–Trinajstić information content (AvgIpc) is 3.54. The Morgan fingerprint density at radius 2 is 0.727 bits per heavy atom. The van der Waals surface area contributed by atoms with E-state index in [4.69, 9.17) is 11.5 Å². The van der Waals surface area contributed by atoms with Gasteiger partial charge in [-0.1, -0.05) is 150 Å². The van der Waals surface area contributed by atoms with Gasteiger partial charge in [-0.25, -0.2) is 0 Å². The van der Waals surface area contributed by atoms with E-state index < -0.39 is 5.41 Å². The van der Waals surface area contributed by atoms with Crippen LogP contribution in [0.5, 0.6) is 0 Å². The Kier molecular flexibility index (Phi) is 9.52. The van der Waals surface area contributed by atoms with Crippen molar-refractivity contribution in [3.8, 4) is 11.1 Å². The molecule has 0 aliphatic heterocycles. The summed E-state index contributed by atoms with van der Waals surface area (Å²) in [7, 11) is 0. The molecule has 0 atom stereocenters. The molecule has 0 amide bonds. The third-order valence-corrected chi connectivity index (χ3v) is 15.4. The molecule has 0 radical (unpaired) electrons. The first-order valence-corrected chi connectivity index (χ1v) is 22.6. The lowest BCUT2D eigenvalue weighted by Gasteiger charge is -2.39. The summed E-state index contributed by atoms with van der Waals surface area (Å²) < 4.78 is 0.